The van der Waals surface area contributed by atoms with Gasteiger partial charge in [-0.1, -0.05) is 0 Å². The Kier molecular flexibility index (Phi) is 16.9. The van der Waals surface area contributed by atoms with E-state index in [9.17, 15) is 76.0 Å². The van der Waals surface area contributed by atoms with Gasteiger partial charge in [0.25, 0.3) is 0 Å². The average Bonchev–Trinajstić information content (AvgIpc) is 3.20. The Morgan fingerprint density at radius 1 is 0.433 bits per heavy atom. The van der Waals surface area contributed by atoms with Crippen molar-refractivity contribution in [3.05, 3.63) is 0 Å². The van der Waals surface area contributed by atoms with E-state index in [1.165, 1.54) is 13.8 Å². The van der Waals surface area contributed by atoms with E-state index in [1.807, 2.05) is 0 Å². The normalized spacial score (nSPS) is 50.2. The fourth-order valence-corrected chi connectivity index (χ4v) is 7.69. The molecule has 15 N–H and O–H groups in total. The van der Waals surface area contributed by atoms with Gasteiger partial charge in [-0.2, -0.15) is 0 Å². The van der Waals surface area contributed by atoms with E-state index in [0.717, 1.165) is 13.8 Å². The molecule has 0 radical (unpaired) electrons. The van der Waals surface area contributed by atoms with Crippen LogP contribution < -0.4 is 10.6 Å². The summed E-state index contributed by atoms with van der Waals surface area (Å²) in [6, 6.07) is -3.29. The van der Waals surface area contributed by atoms with Crippen LogP contribution in [0.4, 0.5) is 0 Å². The highest BCUT2D eigenvalue weighted by molar-refractivity contribution is 5.73. The number of aliphatic hydroxyl groups excluding tert-OH is 13. The second kappa shape index (κ2) is 20.7. The molecule has 60 heavy (non-hydrogen) atoms. The summed E-state index contributed by atoms with van der Waals surface area (Å²) in [5, 5.41) is 144. The third kappa shape index (κ3) is 10.4. The van der Waals surface area contributed by atoms with E-state index in [4.69, 9.17) is 42.6 Å². The maximum atomic E-state index is 12.5. The summed E-state index contributed by atoms with van der Waals surface area (Å²) in [5.74, 6) is -1.53. The molecular formula is C34H58N2O24. The highest BCUT2D eigenvalue weighted by atomic mass is 16.8. The van der Waals surface area contributed by atoms with Gasteiger partial charge in [-0.25, -0.2) is 0 Å². The molecule has 0 aromatic rings. The molecule has 5 aliphatic heterocycles. The number of aliphatic hydroxyl groups is 13. The van der Waals surface area contributed by atoms with Crippen molar-refractivity contribution in [2.24, 2.45) is 0 Å². The molecule has 5 saturated heterocycles. The quantitative estimate of drug-likeness (QED) is 0.0817. The van der Waals surface area contributed by atoms with Crippen LogP contribution in [-0.2, 0) is 52.2 Å². The maximum Gasteiger partial charge on any atom is 0.217 e. The van der Waals surface area contributed by atoms with Crippen molar-refractivity contribution in [3.8, 4) is 0 Å². The highest BCUT2D eigenvalue weighted by Gasteiger charge is 2.58. The Bertz CT molecular complexity index is 1410. The molecule has 1 unspecified atom stereocenters. The minimum absolute atomic E-state index is 0.754. The fraction of sp³-hybridized carbons (Fsp3) is 0.941. The zero-order valence-electron chi connectivity index (χ0n) is 32.9. The predicted octanol–water partition coefficient (Wildman–Crippen LogP) is -9.58. The van der Waals surface area contributed by atoms with Gasteiger partial charge in [0.2, 0.25) is 11.8 Å². The Balaban J connectivity index is 1.60. The zero-order chi connectivity index (χ0) is 44.5. The van der Waals surface area contributed by atoms with Gasteiger partial charge in [-0.15, -0.1) is 0 Å². The maximum absolute atomic E-state index is 12.5. The monoisotopic (exact) mass is 878 g/mol. The van der Waals surface area contributed by atoms with Gasteiger partial charge >= 0.3 is 0 Å². The van der Waals surface area contributed by atoms with Crippen LogP contribution in [0.1, 0.15) is 27.7 Å². The summed E-state index contributed by atoms with van der Waals surface area (Å²) in [6.45, 7) is 1.97. The SMILES string of the molecule is CC(=O)N[C@H]1[C@@H](O[C@H]2[C@@H](O)[C@@H](CO)O[C@@H](O[C@H]3[C@H](O[C@@H]4O[C@@H](C)[C@@H](O)[C@@H](O)[C@@H]4O)[C@@H](CO)OC(O)[C@@H]3NC(C)=O)[C@@H]2O[C@@H]2O[C@@H](C)[C@@H](O)[C@@H](O)[C@@H]2O)O[C@H](CO)[C@H](O)[C@@H]1O. The lowest BCUT2D eigenvalue weighted by Gasteiger charge is -2.52. The molecule has 0 bridgehead atoms. The van der Waals surface area contributed by atoms with Crippen molar-refractivity contribution in [3.63, 3.8) is 0 Å². The number of carbonyl (C=O) groups excluding carboxylic acids is 2. The van der Waals surface area contributed by atoms with Gasteiger partial charge < -0.3 is 120 Å². The summed E-state index contributed by atoms with van der Waals surface area (Å²) in [6.07, 6.45) is -40.8. The molecule has 2 amide bonds. The lowest BCUT2D eigenvalue weighted by Crippen LogP contribution is -2.71. The van der Waals surface area contributed by atoms with Crippen LogP contribution in [0.3, 0.4) is 0 Å². The molecule has 25 atom stereocenters. The first-order valence-electron chi connectivity index (χ1n) is 19.3. The summed E-state index contributed by atoms with van der Waals surface area (Å²) in [7, 11) is 0. The predicted molar refractivity (Wildman–Crippen MR) is 187 cm³/mol. The van der Waals surface area contributed by atoms with Crippen molar-refractivity contribution in [1.29, 1.82) is 0 Å². The molecule has 0 aromatic carbocycles. The van der Waals surface area contributed by atoms with E-state index in [2.05, 4.69) is 10.6 Å². The molecule has 0 saturated carbocycles. The number of ether oxygens (including phenoxy) is 9. The first kappa shape index (κ1) is 49.1. The molecule has 5 rings (SSSR count). The summed E-state index contributed by atoms with van der Waals surface area (Å²) in [5.41, 5.74) is 0. The Morgan fingerprint density at radius 2 is 0.867 bits per heavy atom. The van der Waals surface area contributed by atoms with Gasteiger partial charge in [0.05, 0.1) is 32.0 Å². The first-order valence-corrected chi connectivity index (χ1v) is 19.3. The molecular weight excluding hydrogens is 820 g/mol. The van der Waals surface area contributed by atoms with Gasteiger partial charge in [0.1, 0.15) is 110 Å². The Hall–Kier alpha value is -1.94. The molecule has 5 heterocycles. The minimum atomic E-state index is -2.06. The average molecular weight is 879 g/mol. The smallest absolute Gasteiger partial charge is 0.217 e. The van der Waals surface area contributed by atoms with Crippen molar-refractivity contribution in [2.45, 2.75) is 181 Å². The molecule has 0 spiro atoms. The van der Waals surface area contributed by atoms with E-state index in [1.54, 1.807) is 0 Å². The van der Waals surface area contributed by atoms with Gasteiger partial charge in [0.15, 0.2) is 31.5 Å². The molecule has 5 fully saturated rings. The van der Waals surface area contributed by atoms with Crippen LogP contribution in [0.25, 0.3) is 0 Å². The standard InChI is InChI=1S/C34H58N2O24/c1-8-17(42)22(47)24(49)32(52-8)57-26-14(7-39)54-30(51)16(36-11(4)41)27(26)58-34-29(60-33-25(50)23(48)18(43)9(2)53-33)28(20(45)13(6-38)56-34)59-31-15(35-10(3)40)21(46)19(44)12(5-37)55-31/h8-9,12-34,37-39,42-51H,5-7H2,1-4H3,(H,35,40)(H,36,41)/t8-,9-,12+,13+,14+,15+,16+,17+,18+,19-,20-,21+,22+,23+,24-,25-,26+,27+,28-,29+,30?,31+,32-,33-,34-/m0/s1. The summed E-state index contributed by atoms with van der Waals surface area (Å²) >= 11 is 0. The van der Waals surface area contributed by atoms with Crippen LogP contribution in [0, 0.1) is 0 Å². The Labute approximate surface area is 342 Å². The second-order valence-electron chi connectivity index (χ2n) is 15.4. The van der Waals surface area contributed by atoms with Gasteiger partial charge in [-0.05, 0) is 13.8 Å². The lowest BCUT2D eigenvalue weighted by molar-refractivity contribution is -0.402. The molecule has 26 heteroatoms. The topological polar surface area (TPSA) is 404 Å². The van der Waals surface area contributed by atoms with E-state index >= 15 is 0 Å². The first-order chi connectivity index (χ1) is 28.2. The summed E-state index contributed by atoms with van der Waals surface area (Å²) in [4.78, 5) is 24.7. The van der Waals surface area contributed by atoms with Gasteiger partial charge in [-0.3, -0.25) is 9.59 Å². The number of carbonyl (C=O) groups is 2. The fourth-order valence-electron chi connectivity index (χ4n) is 7.69. The molecule has 348 valence electrons. The number of nitrogens with one attached hydrogen (secondary N) is 2. The van der Waals surface area contributed by atoms with Gasteiger partial charge in [0, 0.05) is 13.8 Å². The molecule has 0 aliphatic carbocycles. The number of rotatable bonds is 13. The zero-order valence-corrected chi connectivity index (χ0v) is 32.9. The minimum Gasteiger partial charge on any atom is -0.394 e. The van der Waals surface area contributed by atoms with Crippen molar-refractivity contribution in [1.82, 2.24) is 10.6 Å². The van der Waals surface area contributed by atoms with Crippen molar-refractivity contribution in [2.75, 3.05) is 19.8 Å². The molecule has 0 aromatic heterocycles. The van der Waals surface area contributed by atoms with Crippen LogP contribution in [0.15, 0.2) is 0 Å². The van der Waals surface area contributed by atoms with Crippen LogP contribution in [0.2, 0.25) is 0 Å². The molecule has 26 nitrogen and oxygen atoms in total. The van der Waals surface area contributed by atoms with Crippen LogP contribution in [-0.4, -0.2) is 251 Å². The van der Waals surface area contributed by atoms with Crippen LogP contribution >= 0.6 is 0 Å². The third-order valence-corrected chi connectivity index (χ3v) is 11.0. The van der Waals surface area contributed by atoms with E-state index in [0.29, 0.717) is 0 Å². The second-order valence-corrected chi connectivity index (χ2v) is 15.4. The molecule has 5 aliphatic rings. The van der Waals surface area contributed by atoms with Crippen LogP contribution in [0.5, 0.6) is 0 Å². The lowest BCUT2D eigenvalue weighted by atomic mass is 9.93. The number of hydrogen-bond acceptors (Lipinski definition) is 24. The third-order valence-electron chi connectivity index (χ3n) is 11.0. The largest absolute Gasteiger partial charge is 0.394 e. The highest BCUT2D eigenvalue weighted by Crippen LogP contribution is 2.37. The van der Waals surface area contributed by atoms with E-state index < -0.39 is 185 Å². The van der Waals surface area contributed by atoms with E-state index in [-0.39, 0.29) is 0 Å². The van der Waals surface area contributed by atoms with Crippen molar-refractivity contribution >= 4 is 11.8 Å². The summed E-state index contributed by atoms with van der Waals surface area (Å²) < 4.78 is 53.0. The number of amides is 2. The number of hydrogen-bond donors (Lipinski definition) is 15. The Morgan fingerprint density at radius 3 is 1.37 bits per heavy atom. The van der Waals surface area contributed by atoms with Crippen molar-refractivity contribution < 1.29 is 119 Å².